The molecule has 0 saturated heterocycles. The molecular weight excluding hydrogens is 378 g/mol. The second-order valence-corrected chi connectivity index (χ2v) is 4.96. The standard InChI is InChI=1S/C13H16FIN2O3/c1-2-16-13(19)17-7-4-8-20-12(18)9-5-3-6-10(14)11(9)15/h3,5-6H,2,4,7-8H2,1H3,(H2,16,17,19). The van der Waals surface area contributed by atoms with Crippen molar-refractivity contribution >= 4 is 34.6 Å². The lowest BCUT2D eigenvalue weighted by Crippen LogP contribution is -2.36. The highest BCUT2D eigenvalue weighted by atomic mass is 127. The van der Waals surface area contributed by atoms with Gasteiger partial charge in [-0.1, -0.05) is 6.07 Å². The monoisotopic (exact) mass is 394 g/mol. The van der Waals surface area contributed by atoms with Crippen molar-refractivity contribution < 1.29 is 18.7 Å². The van der Waals surface area contributed by atoms with E-state index >= 15 is 0 Å². The first-order valence-electron chi connectivity index (χ1n) is 6.19. The van der Waals surface area contributed by atoms with Crippen molar-refractivity contribution in [2.75, 3.05) is 19.7 Å². The number of rotatable bonds is 6. The van der Waals surface area contributed by atoms with Crippen molar-refractivity contribution in [3.8, 4) is 0 Å². The Labute approximate surface area is 130 Å². The van der Waals surface area contributed by atoms with Gasteiger partial charge in [0.15, 0.2) is 0 Å². The van der Waals surface area contributed by atoms with Crippen LogP contribution >= 0.6 is 22.6 Å². The van der Waals surface area contributed by atoms with Gasteiger partial charge in [-0.15, -0.1) is 0 Å². The van der Waals surface area contributed by atoms with Crippen LogP contribution in [-0.2, 0) is 4.74 Å². The van der Waals surface area contributed by atoms with E-state index in [1.165, 1.54) is 18.2 Å². The Balaban J connectivity index is 2.30. The molecule has 0 atom stereocenters. The Morgan fingerprint density at radius 1 is 1.35 bits per heavy atom. The van der Waals surface area contributed by atoms with Gasteiger partial charge in [-0.3, -0.25) is 0 Å². The van der Waals surface area contributed by atoms with Crippen molar-refractivity contribution in [1.82, 2.24) is 10.6 Å². The third kappa shape index (κ3) is 5.32. The van der Waals surface area contributed by atoms with Gasteiger partial charge in [-0.05, 0) is 48.1 Å². The quantitative estimate of drug-likeness (QED) is 0.442. The summed E-state index contributed by atoms with van der Waals surface area (Å²) in [6.45, 7) is 2.94. The predicted octanol–water partition coefficient (Wildman–Crippen LogP) is 2.30. The van der Waals surface area contributed by atoms with E-state index in [0.29, 0.717) is 19.5 Å². The molecule has 20 heavy (non-hydrogen) atoms. The molecule has 5 nitrogen and oxygen atoms in total. The Bertz CT molecular complexity index is 483. The van der Waals surface area contributed by atoms with Crippen LogP contribution in [0.25, 0.3) is 0 Å². The van der Waals surface area contributed by atoms with Gasteiger partial charge in [0.1, 0.15) is 5.82 Å². The largest absolute Gasteiger partial charge is 0.462 e. The summed E-state index contributed by atoms with van der Waals surface area (Å²) in [4.78, 5) is 22.8. The van der Waals surface area contributed by atoms with Crippen LogP contribution in [0.2, 0.25) is 0 Å². The number of benzene rings is 1. The van der Waals surface area contributed by atoms with Crippen LogP contribution in [0.15, 0.2) is 18.2 Å². The van der Waals surface area contributed by atoms with Crippen LogP contribution < -0.4 is 10.6 Å². The van der Waals surface area contributed by atoms with Crippen LogP contribution in [0.1, 0.15) is 23.7 Å². The van der Waals surface area contributed by atoms with Gasteiger partial charge in [0.05, 0.1) is 15.7 Å². The Morgan fingerprint density at radius 2 is 2.10 bits per heavy atom. The van der Waals surface area contributed by atoms with Crippen molar-refractivity contribution in [2.45, 2.75) is 13.3 Å². The molecule has 0 aliphatic rings. The molecule has 0 spiro atoms. The summed E-state index contributed by atoms with van der Waals surface area (Å²) >= 11 is 1.77. The molecule has 0 heterocycles. The number of urea groups is 1. The summed E-state index contributed by atoms with van der Waals surface area (Å²) in [5.74, 6) is -1.01. The molecule has 2 N–H and O–H groups in total. The van der Waals surface area contributed by atoms with E-state index in [9.17, 15) is 14.0 Å². The van der Waals surface area contributed by atoms with Crippen molar-refractivity contribution in [2.24, 2.45) is 0 Å². The van der Waals surface area contributed by atoms with E-state index in [4.69, 9.17) is 4.74 Å². The molecule has 7 heteroatoms. The third-order valence-corrected chi connectivity index (χ3v) is 3.45. The summed E-state index contributed by atoms with van der Waals surface area (Å²) in [5, 5.41) is 5.20. The van der Waals surface area contributed by atoms with Gasteiger partial charge in [-0.25, -0.2) is 14.0 Å². The van der Waals surface area contributed by atoms with Crippen molar-refractivity contribution in [3.05, 3.63) is 33.1 Å². The molecule has 110 valence electrons. The Kier molecular flexibility index (Phi) is 7.27. The van der Waals surface area contributed by atoms with E-state index in [1.807, 2.05) is 6.92 Å². The van der Waals surface area contributed by atoms with Crippen molar-refractivity contribution in [3.63, 3.8) is 0 Å². The number of amides is 2. The molecule has 1 aromatic rings. The smallest absolute Gasteiger partial charge is 0.339 e. The SMILES string of the molecule is CCNC(=O)NCCCOC(=O)c1cccc(F)c1I. The minimum atomic E-state index is -0.563. The van der Waals surface area contributed by atoms with E-state index in [1.54, 1.807) is 22.6 Å². The third-order valence-electron chi connectivity index (χ3n) is 2.35. The van der Waals surface area contributed by atoms with Gasteiger partial charge < -0.3 is 15.4 Å². The first-order valence-corrected chi connectivity index (χ1v) is 7.27. The average Bonchev–Trinajstić information content (AvgIpc) is 2.41. The molecule has 0 aromatic heterocycles. The molecule has 0 unspecified atom stereocenters. The average molecular weight is 394 g/mol. The zero-order chi connectivity index (χ0) is 15.0. The number of carbonyl (C=O) groups excluding carboxylic acids is 2. The summed E-state index contributed by atoms with van der Waals surface area (Å²) in [5.41, 5.74) is 0.210. The van der Waals surface area contributed by atoms with Crippen LogP contribution in [0.4, 0.5) is 9.18 Å². The maximum atomic E-state index is 13.3. The first kappa shape index (κ1) is 16.7. The fraction of sp³-hybridized carbons (Fsp3) is 0.385. The van der Waals surface area contributed by atoms with Crippen LogP contribution in [0, 0.1) is 9.39 Å². The zero-order valence-electron chi connectivity index (χ0n) is 11.0. The minimum Gasteiger partial charge on any atom is -0.462 e. The highest BCUT2D eigenvalue weighted by Crippen LogP contribution is 2.16. The molecule has 0 saturated carbocycles. The summed E-state index contributed by atoms with van der Waals surface area (Å²) in [7, 11) is 0. The summed E-state index contributed by atoms with van der Waals surface area (Å²) < 4.78 is 18.5. The fourth-order valence-corrected chi connectivity index (χ4v) is 1.98. The minimum absolute atomic E-state index is 0.165. The van der Waals surface area contributed by atoms with Crippen LogP contribution in [-0.4, -0.2) is 31.7 Å². The van der Waals surface area contributed by atoms with E-state index in [-0.39, 0.29) is 21.8 Å². The van der Waals surface area contributed by atoms with Crippen molar-refractivity contribution in [1.29, 1.82) is 0 Å². The lowest BCUT2D eigenvalue weighted by molar-refractivity contribution is 0.0499. The fourth-order valence-electron chi connectivity index (χ4n) is 1.40. The topological polar surface area (TPSA) is 67.4 Å². The van der Waals surface area contributed by atoms with Gasteiger partial charge in [0, 0.05) is 13.1 Å². The molecule has 0 bridgehead atoms. The number of esters is 1. The highest BCUT2D eigenvalue weighted by molar-refractivity contribution is 14.1. The first-order chi connectivity index (χ1) is 9.56. The molecule has 0 aliphatic carbocycles. The van der Waals surface area contributed by atoms with Gasteiger partial charge in [0.25, 0.3) is 0 Å². The number of nitrogens with one attached hydrogen (secondary N) is 2. The number of hydrogen-bond donors (Lipinski definition) is 2. The van der Waals surface area contributed by atoms with Gasteiger partial charge in [-0.2, -0.15) is 0 Å². The molecule has 0 aliphatic heterocycles. The molecular formula is C13H16FIN2O3. The lowest BCUT2D eigenvalue weighted by Gasteiger charge is -2.08. The molecule has 1 aromatic carbocycles. The van der Waals surface area contributed by atoms with E-state index < -0.39 is 11.8 Å². The summed E-state index contributed by atoms with van der Waals surface area (Å²) in [6, 6.07) is 4.01. The number of carbonyl (C=O) groups is 2. The Morgan fingerprint density at radius 3 is 2.80 bits per heavy atom. The molecule has 2 amide bonds. The summed E-state index contributed by atoms with van der Waals surface area (Å²) in [6.07, 6.45) is 0.495. The number of hydrogen-bond acceptors (Lipinski definition) is 3. The van der Waals surface area contributed by atoms with E-state index in [2.05, 4.69) is 10.6 Å². The van der Waals surface area contributed by atoms with Crippen LogP contribution in [0.5, 0.6) is 0 Å². The predicted molar refractivity (Wildman–Crippen MR) is 81.1 cm³/mol. The Hall–Kier alpha value is -1.38. The maximum absolute atomic E-state index is 13.3. The molecule has 1 rings (SSSR count). The van der Waals surface area contributed by atoms with Gasteiger partial charge in [0.2, 0.25) is 0 Å². The van der Waals surface area contributed by atoms with Gasteiger partial charge >= 0.3 is 12.0 Å². The van der Waals surface area contributed by atoms with E-state index in [0.717, 1.165) is 0 Å². The van der Waals surface area contributed by atoms with Crippen LogP contribution in [0.3, 0.4) is 0 Å². The molecule has 0 fully saturated rings. The highest BCUT2D eigenvalue weighted by Gasteiger charge is 2.13. The molecule has 0 radical (unpaired) electrons. The maximum Gasteiger partial charge on any atom is 0.339 e. The normalized spacial score (nSPS) is 9.95. The lowest BCUT2D eigenvalue weighted by atomic mass is 10.2. The zero-order valence-corrected chi connectivity index (χ0v) is 13.2. The number of ether oxygens (including phenoxy) is 1. The second-order valence-electron chi connectivity index (χ2n) is 3.88. The second kappa shape index (κ2) is 8.72. The number of halogens is 2.